The molecule has 0 aromatic heterocycles. The predicted octanol–water partition coefficient (Wildman–Crippen LogP) is 2.60. The van der Waals surface area contributed by atoms with Crippen molar-refractivity contribution in [1.82, 2.24) is 4.90 Å². The molecule has 1 aromatic rings. The van der Waals surface area contributed by atoms with Crippen LogP contribution in [0.15, 0.2) is 28.7 Å². The van der Waals surface area contributed by atoms with E-state index in [1.165, 1.54) is 0 Å². The van der Waals surface area contributed by atoms with E-state index in [0.717, 1.165) is 36.0 Å². The lowest BCUT2D eigenvalue weighted by atomic mass is 9.95. The number of halogens is 1. The number of piperidine rings is 1. The van der Waals surface area contributed by atoms with Crippen molar-refractivity contribution in [3.8, 4) is 0 Å². The van der Waals surface area contributed by atoms with E-state index < -0.39 is 0 Å². The molecular weight excluding hydrogens is 334 g/mol. The zero-order valence-electron chi connectivity index (χ0n) is 12.0. The van der Waals surface area contributed by atoms with Gasteiger partial charge >= 0.3 is 0 Å². The lowest BCUT2D eigenvalue weighted by Crippen LogP contribution is -2.42. The van der Waals surface area contributed by atoms with Gasteiger partial charge in [0.15, 0.2) is 6.29 Å². The molecule has 5 heteroatoms. The molecule has 0 N–H and O–H groups in total. The fraction of sp³-hybridized carbons (Fsp3) is 0.562. The van der Waals surface area contributed by atoms with Crippen LogP contribution in [-0.4, -0.2) is 43.4 Å². The van der Waals surface area contributed by atoms with Crippen molar-refractivity contribution in [2.45, 2.75) is 25.6 Å². The fourth-order valence-corrected chi connectivity index (χ4v) is 3.22. The highest BCUT2D eigenvalue weighted by Crippen LogP contribution is 2.26. The van der Waals surface area contributed by atoms with Gasteiger partial charge in [0.1, 0.15) is 0 Å². The van der Waals surface area contributed by atoms with Crippen LogP contribution in [0.1, 0.15) is 18.4 Å². The number of hydrogen-bond donors (Lipinski definition) is 0. The molecule has 0 aliphatic carbocycles. The molecule has 0 atom stereocenters. The van der Waals surface area contributed by atoms with E-state index in [2.05, 4.69) is 15.9 Å². The Labute approximate surface area is 133 Å². The van der Waals surface area contributed by atoms with Gasteiger partial charge in [-0.25, -0.2) is 0 Å². The average Bonchev–Trinajstić information content (AvgIpc) is 3.04. The van der Waals surface area contributed by atoms with E-state index in [9.17, 15) is 4.79 Å². The molecule has 114 valence electrons. The van der Waals surface area contributed by atoms with Gasteiger partial charge in [-0.3, -0.25) is 4.79 Å². The first-order valence-corrected chi connectivity index (χ1v) is 8.27. The van der Waals surface area contributed by atoms with Gasteiger partial charge in [0.25, 0.3) is 0 Å². The third-order valence-corrected chi connectivity index (χ3v) is 4.72. The maximum atomic E-state index is 12.3. The summed E-state index contributed by atoms with van der Waals surface area (Å²) in [6, 6.07) is 7.94. The zero-order valence-corrected chi connectivity index (χ0v) is 13.5. The molecule has 0 spiro atoms. The van der Waals surface area contributed by atoms with Gasteiger partial charge in [-0.05, 0) is 30.5 Å². The second-order valence-corrected chi connectivity index (χ2v) is 6.55. The molecule has 2 saturated heterocycles. The lowest BCUT2D eigenvalue weighted by molar-refractivity contribution is -0.136. The fourth-order valence-electron chi connectivity index (χ4n) is 2.96. The Bertz CT molecular complexity index is 477. The predicted molar refractivity (Wildman–Crippen MR) is 82.8 cm³/mol. The molecule has 3 rings (SSSR count). The Morgan fingerprint density at radius 3 is 2.38 bits per heavy atom. The maximum absolute atomic E-state index is 12.3. The van der Waals surface area contributed by atoms with E-state index in [0.29, 0.717) is 25.6 Å². The van der Waals surface area contributed by atoms with Gasteiger partial charge in [0.2, 0.25) is 5.91 Å². The molecule has 0 unspecified atom stereocenters. The molecule has 2 aliphatic rings. The normalized spacial score (nSPS) is 20.9. The molecule has 4 nitrogen and oxygen atoms in total. The summed E-state index contributed by atoms with van der Waals surface area (Å²) < 4.78 is 12.2. The van der Waals surface area contributed by atoms with Crippen LogP contribution >= 0.6 is 15.9 Å². The van der Waals surface area contributed by atoms with Gasteiger partial charge in [-0.15, -0.1) is 0 Å². The van der Waals surface area contributed by atoms with Crippen molar-refractivity contribution < 1.29 is 14.3 Å². The summed E-state index contributed by atoms with van der Waals surface area (Å²) in [6.07, 6.45) is 2.37. The van der Waals surface area contributed by atoms with E-state index in [1.54, 1.807) is 0 Å². The minimum Gasteiger partial charge on any atom is -0.350 e. The first-order chi connectivity index (χ1) is 10.2. The van der Waals surface area contributed by atoms with Gasteiger partial charge in [0, 0.05) is 23.5 Å². The molecule has 0 radical (unpaired) electrons. The molecule has 0 saturated carbocycles. The third-order valence-electron chi connectivity index (χ3n) is 4.19. The Morgan fingerprint density at radius 2 is 1.76 bits per heavy atom. The average molecular weight is 354 g/mol. The van der Waals surface area contributed by atoms with E-state index in [-0.39, 0.29) is 12.2 Å². The van der Waals surface area contributed by atoms with Crippen molar-refractivity contribution in [3.63, 3.8) is 0 Å². The Hall–Kier alpha value is -0.910. The largest absolute Gasteiger partial charge is 0.350 e. The van der Waals surface area contributed by atoms with Crippen LogP contribution in [0.4, 0.5) is 0 Å². The van der Waals surface area contributed by atoms with Crippen molar-refractivity contribution in [2.75, 3.05) is 26.3 Å². The van der Waals surface area contributed by atoms with Crippen LogP contribution in [0.25, 0.3) is 0 Å². The summed E-state index contributed by atoms with van der Waals surface area (Å²) in [7, 11) is 0. The van der Waals surface area contributed by atoms with Crippen LogP contribution in [0, 0.1) is 5.92 Å². The lowest BCUT2D eigenvalue weighted by Gasteiger charge is -2.34. The zero-order chi connectivity index (χ0) is 14.7. The van der Waals surface area contributed by atoms with Gasteiger partial charge in [-0.2, -0.15) is 0 Å². The van der Waals surface area contributed by atoms with Crippen LogP contribution in [0.3, 0.4) is 0 Å². The van der Waals surface area contributed by atoms with Crippen molar-refractivity contribution in [2.24, 2.45) is 5.92 Å². The standard InChI is InChI=1S/C16H20BrNO3/c17-14-3-1-12(2-4-14)11-15(19)18-7-5-13(6-8-18)16-20-9-10-21-16/h1-4,13,16H,5-11H2. The second kappa shape index (κ2) is 6.90. The molecule has 1 aromatic carbocycles. The molecule has 21 heavy (non-hydrogen) atoms. The summed E-state index contributed by atoms with van der Waals surface area (Å²) in [5.41, 5.74) is 1.06. The number of nitrogens with zero attached hydrogens (tertiary/aromatic N) is 1. The van der Waals surface area contributed by atoms with E-state index in [4.69, 9.17) is 9.47 Å². The van der Waals surface area contributed by atoms with Gasteiger partial charge < -0.3 is 14.4 Å². The smallest absolute Gasteiger partial charge is 0.226 e. The highest BCUT2D eigenvalue weighted by atomic mass is 79.9. The summed E-state index contributed by atoms with van der Waals surface area (Å²) in [5, 5.41) is 0. The molecule has 2 aliphatic heterocycles. The summed E-state index contributed by atoms with van der Waals surface area (Å²) >= 11 is 3.41. The van der Waals surface area contributed by atoms with Crippen molar-refractivity contribution in [3.05, 3.63) is 34.3 Å². The minimum absolute atomic E-state index is 0.0475. The van der Waals surface area contributed by atoms with Crippen LogP contribution in [0.5, 0.6) is 0 Å². The first kappa shape index (κ1) is 15.0. The molecule has 2 heterocycles. The van der Waals surface area contributed by atoms with Gasteiger partial charge in [-0.1, -0.05) is 28.1 Å². The Morgan fingerprint density at radius 1 is 1.14 bits per heavy atom. The third kappa shape index (κ3) is 3.84. The second-order valence-electron chi connectivity index (χ2n) is 5.63. The van der Waals surface area contributed by atoms with Crippen LogP contribution in [-0.2, 0) is 20.7 Å². The number of carbonyl (C=O) groups is 1. The van der Waals surface area contributed by atoms with E-state index >= 15 is 0 Å². The highest BCUT2D eigenvalue weighted by Gasteiger charge is 2.31. The van der Waals surface area contributed by atoms with Crippen LogP contribution in [0.2, 0.25) is 0 Å². The quantitative estimate of drug-likeness (QED) is 0.838. The summed E-state index contributed by atoms with van der Waals surface area (Å²) in [6.45, 7) is 3.02. The van der Waals surface area contributed by atoms with Crippen molar-refractivity contribution >= 4 is 21.8 Å². The van der Waals surface area contributed by atoms with Crippen LogP contribution < -0.4 is 0 Å². The first-order valence-electron chi connectivity index (χ1n) is 7.48. The molecule has 0 bridgehead atoms. The maximum Gasteiger partial charge on any atom is 0.226 e. The number of amides is 1. The SMILES string of the molecule is O=C(Cc1ccc(Br)cc1)N1CCC(C2OCCO2)CC1. The summed E-state index contributed by atoms with van der Waals surface area (Å²) in [5.74, 6) is 0.647. The highest BCUT2D eigenvalue weighted by molar-refractivity contribution is 9.10. The minimum atomic E-state index is -0.0475. The number of ether oxygens (including phenoxy) is 2. The van der Waals surface area contributed by atoms with Crippen molar-refractivity contribution in [1.29, 1.82) is 0 Å². The number of rotatable bonds is 3. The molecule has 2 fully saturated rings. The monoisotopic (exact) mass is 353 g/mol. The topological polar surface area (TPSA) is 38.8 Å². The van der Waals surface area contributed by atoms with E-state index in [1.807, 2.05) is 29.2 Å². The van der Waals surface area contributed by atoms with Gasteiger partial charge in [0.05, 0.1) is 19.6 Å². The molecular formula is C16H20BrNO3. The number of hydrogen-bond acceptors (Lipinski definition) is 3. The number of likely N-dealkylation sites (tertiary alicyclic amines) is 1. The number of benzene rings is 1. The Kier molecular flexibility index (Phi) is 4.93. The summed E-state index contributed by atoms with van der Waals surface area (Å²) in [4.78, 5) is 14.3. The molecule has 1 amide bonds. The number of carbonyl (C=O) groups excluding carboxylic acids is 1. The Balaban J connectivity index is 1.49.